The minimum absolute atomic E-state index is 0.0590. The summed E-state index contributed by atoms with van der Waals surface area (Å²) in [6.07, 6.45) is 5.26. The van der Waals surface area contributed by atoms with Gasteiger partial charge in [0.1, 0.15) is 0 Å². The van der Waals surface area contributed by atoms with E-state index in [1.807, 2.05) is 0 Å². The first-order valence-electron chi connectivity index (χ1n) is 3.64. The van der Waals surface area contributed by atoms with Gasteiger partial charge in [-0.3, -0.25) is 4.79 Å². The van der Waals surface area contributed by atoms with Crippen LogP contribution >= 0.6 is 0 Å². The average molecular weight is 139 g/mol. The van der Waals surface area contributed by atoms with Gasteiger partial charge in [-0.15, -0.1) is 0 Å². The van der Waals surface area contributed by atoms with Gasteiger partial charge in [0.25, 0.3) is 0 Å². The highest BCUT2D eigenvalue weighted by atomic mass is 16.1. The molecule has 0 heterocycles. The summed E-state index contributed by atoms with van der Waals surface area (Å²) >= 11 is 0. The molecule has 1 aliphatic carbocycles. The summed E-state index contributed by atoms with van der Waals surface area (Å²) in [5.74, 6) is 0.681. The molecule has 0 fully saturated rings. The molecule has 2 heteroatoms. The summed E-state index contributed by atoms with van der Waals surface area (Å²) < 4.78 is 0. The molecule has 1 aliphatic rings. The molecule has 10 heavy (non-hydrogen) atoms. The first-order chi connectivity index (χ1) is 4.68. The monoisotopic (exact) mass is 139 g/mol. The summed E-state index contributed by atoms with van der Waals surface area (Å²) in [5.41, 5.74) is 0. The molecule has 0 radical (unpaired) electrons. The number of allylic oxidation sites excluding steroid dienone is 1. The third-order valence-corrected chi connectivity index (χ3v) is 1.69. The van der Waals surface area contributed by atoms with E-state index in [0.717, 1.165) is 6.42 Å². The Kier molecular flexibility index (Phi) is 2.10. The maximum absolute atomic E-state index is 10.6. The van der Waals surface area contributed by atoms with Crippen molar-refractivity contribution in [2.75, 3.05) is 0 Å². The van der Waals surface area contributed by atoms with Crippen LogP contribution in [0.5, 0.6) is 0 Å². The zero-order valence-electron chi connectivity index (χ0n) is 6.42. The Morgan fingerprint density at radius 1 is 1.60 bits per heavy atom. The van der Waals surface area contributed by atoms with Crippen LogP contribution < -0.4 is 5.32 Å². The number of hydrogen-bond acceptors (Lipinski definition) is 1. The second-order valence-corrected chi connectivity index (χ2v) is 2.90. The van der Waals surface area contributed by atoms with Crippen LogP contribution in [0.3, 0.4) is 0 Å². The van der Waals surface area contributed by atoms with E-state index >= 15 is 0 Å². The number of carbonyl (C=O) groups excluding carboxylic acids is 1. The van der Waals surface area contributed by atoms with E-state index in [9.17, 15) is 4.79 Å². The molecule has 1 N–H and O–H groups in total. The quantitative estimate of drug-likeness (QED) is 0.541. The molecule has 1 amide bonds. The highest BCUT2D eigenvalue weighted by Gasteiger charge is 2.14. The van der Waals surface area contributed by atoms with E-state index in [-0.39, 0.29) is 11.9 Å². The second kappa shape index (κ2) is 2.86. The fraction of sp³-hybridized carbons (Fsp3) is 0.625. The molecule has 1 rings (SSSR count). The summed E-state index contributed by atoms with van der Waals surface area (Å²) in [4.78, 5) is 10.6. The maximum atomic E-state index is 10.6. The Hall–Kier alpha value is -0.790. The normalized spacial score (nSPS) is 30.6. The van der Waals surface area contributed by atoms with Crippen molar-refractivity contribution in [3.8, 4) is 0 Å². The molecule has 0 aromatic heterocycles. The minimum atomic E-state index is 0.0590. The van der Waals surface area contributed by atoms with Crippen molar-refractivity contribution in [2.45, 2.75) is 26.3 Å². The Bertz CT molecular complexity index is 163. The number of carbonyl (C=O) groups is 1. The molecule has 0 spiro atoms. The van der Waals surface area contributed by atoms with Crippen molar-refractivity contribution in [3.05, 3.63) is 12.2 Å². The third-order valence-electron chi connectivity index (χ3n) is 1.69. The predicted molar refractivity (Wildman–Crippen MR) is 40.5 cm³/mol. The molecule has 0 aliphatic heterocycles. The van der Waals surface area contributed by atoms with Gasteiger partial charge in [0.05, 0.1) is 0 Å². The highest BCUT2D eigenvalue weighted by molar-refractivity contribution is 5.73. The molecular formula is C8H13NO. The molecule has 56 valence electrons. The smallest absolute Gasteiger partial charge is 0.217 e. The fourth-order valence-corrected chi connectivity index (χ4v) is 1.25. The molecule has 2 atom stereocenters. The molecule has 0 unspecified atom stereocenters. The van der Waals surface area contributed by atoms with Gasteiger partial charge in [-0.05, 0) is 12.3 Å². The molecule has 0 bridgehead atoms. The first kappa shape index (κ1) is 7.32. The van der Waals surface area contributed by atoms with Crippen LogP contribution in [0.1, 0.15) is 20.3 Å². The zero-order valence-corrected chi connectivity index (χ0v) is 6.42. The van der Waals surface area contributed by atoms with Crippen molar-refractivity contribution in [1.82, 2.24) is 5.32 Å². The fourth-order valence-electron chi connectivity index (χ4n) is 1.25. The largest absolute Gasteiger partial charge is 0.350 e. The molecule has 0 saturated carbocycles. The standard InChI is InChI=1S/C8H13NO/c1-6-3-4-8(5-6)9-7(2)10/h3-4,6,8H,5H2,1-2H3,(H,9,10)/t6-,8+/m0/s1. The van der Waals surface area contributed by atoms with Gasteiger partial charge < -0.3 is 5.32 Å². The van der Waals surface area contributed by atoms with Gasteiger partial charge in [-0.1, -0.05) is 19.1 Å². The molecule has 0 saturated heterocycles. The van der Waals surface area contributed by atoms with Crippen LogP contribution in [0, 0.1) is 5.92 Å². The van der Waals surface area contributed by atoms with E-state index in [1.165, 1.54) is 0 Å². The van der Waals surface area contributed by atoms with Crippen molar-refractivity contribution in [3.63, 3.8) is 0 Å². The van der Waals surface area contributed by atoms with Crippen LogP contribution in [-0.4, -0.2) is 11.9 Å². The minimum Gasteiger partial charge on any atom is -0.350 e. The van der Waals surface area contributed by atoms with Crippen LogP contribution in [-0.2, 0) is 4.79 Å². The summed E-state index contributed by atoms with van der Waals surface area (Å²) in [6.45, 7) is 3.70. The van der Waals surface area contributed by atoms with Gasteiger partial charge in [-0.2, -0.15) is 0 Å². The maximum Gasteiger partial charge on any atom is 0.217 e. The van der Waals surface area contributed by atoms with Gasteiger partial charge >= 0.3 is 0 Å². The summed E-state index contributed by atoms with van der Waals surface area (Å²) in [7, 11) is 0. The summed E-state index contributed by atoms with van der Waals surface area (Å²) in [6, 6.07) is 0.285. The molecule has 0 aromatic rings. The Morgan fingerprint density at radius 3 is 2.70 bits per heavy atom. The predicted octanol–water partition coefficient (Wildman–Crippen LogP) is 1.09. The number of hydrogen-bond donors (Lipinski definition) is 1. The second-order valence-electron chi connectivity index (χ2n) is 2.90. The topological polar surface area (TPSA) is 29.1 Å². The van der Waals surface area contributed by atoms with Crippen LogP contribution in [0.25, 0.3) is 0 Å². The van der Waals surface area contributed by atoms with Gasteiger partial charge in [0.15, 0.2) is 0 Å². The van der Waals surface area contributed by atoms with Gasteiger partial charge in [0, 0.05) is 13.0 Å². The van der Waals surface area contributed by atoms with Crippen molar-refractivity contribution < 1.29 is 4.79 Å². The average Bonchev–Trinajstić information content (AvgIpc) is 2.13. The lowest BCUT2D eigenvalue weighted by atomic mass is 10.1. The van der Waals surface area contributed by atoms with Gasteiger partial charge in [0.2, 0.25) is 5.91 Å². The van der Waals surface area contributed by atoms with E-state index < -0.39 is 0 Å². The number of rotatable bonds is 1. The Labute approximate surface area is 61.3 Å². The first-order valence-corrected chi connectivity index (χ1v) is 3.64. The SMILES string of the molecule is CC(=O)N[C@@H]1C=C[C@H](C)C1. The van der Waals surface area contributed by atoms with Gasteiger partial charge in [-0.25, -0.2) is 0 Å². The molecule has 2 nitrogen and oxygen atoms in total. The van der Waals surface area contributed by atoms with Crippen molar-refractivity contribution in [2.24, 2.45) is 5.92 Å². The molecule has 0 aromatic carbocycles. The lowest BCUT2D eigenvalue weighted by Crippen LogP contribution is -2.30. The zero-order chi connectivity index (χ0) is 7.56. The third kappa shape index (κ3) is 1.87. The Balaban J connectivity index is 2.33. The van der Waals surface area contributed by atoms with E-state index in [0.29, 0.717) is 5.92 Å². The summed E-state index contributed by atoms with van der Waals surface area (Å²) in [5, 5.41) is 2.85. The van der Waals surface area contributed by atoms with E-state index in [2.05, 4.69) is 24.4 Å². The van der Waals surface area contributed by atoms with E-state index in [4.69, 9.17) is 0 Å². The Morgan fingerprint density at radius 2 is 2.30 bits per heavy atom. The highest BCUT2D eigenvalue weighted by Crippen LogP contribution is 2.16. The van der Waals surface area contributed by atoms with Crippen molar-refractivity contribution >= 4 is 5.91 Å². The molecular weight excluding hydrogens is 126 g/mol. The lowest BCUT2D eigenvalue weighted by molar-refractivity contribution is -0.119. The van der Waals surface area contributed by atoms with Crippen LogP contribution in [0.4, 0.5) is 0 Å². The number of amides is 1. The lowest BCUT2D eigenvalue weighted by Gasteiger charge is -2.08. The van der Waals surface area contributed by atoms with Crippen LogP contribution in [0.15, 0.2) is 12.2 Å². The van der Waals surface area contributed by atoms with E-state index in [1.54, 1.807) is 6.92 Å². The number of nitrogens with one attached hydrogen (secondary N) is 1. The van der Waals surface area contributed by atoms with Crippen LogP contribution in [0.2, 0.25) is 0 Å². The van der Waals surface area contributed by atoms with Crippen molar-refractivity contribution in [1.29, 1.82) is 0 Å².